The van der Waals surface area contributed by atoms with E-state index in [1.165, 1.54) is 5.56 Å². The van der Waals surface area contributed by atoms with E-state index in [4.69, 9.17) is 6.42 Å². The van der Waals surface area contributed by atoms with Crippen molar-refractivity contribution in [2.24, 2.45) is 0 Å². The Hall–Kier alpha value is -1.75. The summed E-state index contributed by atoms with van der Waals surface area (Å²) in [7, 11) is 0. The van der Waals surface area contributed by atoms with Crippen LogP contribution in [0.2, 0.25) is 0 Å². The molecule has 0 N–H and O–H groups in total. The lowest BCUT2D eigenvalue weighted by Gasteiger charge is -2.26. The number of amides is 1. The third-order valence-electron chi connectivity index (χ3n) is 2.57. The molecule has 0 aliphatic rings. The molecule has 1 unspecified atom stereocenters. The highest BCUT2D eigenvalue weighted by molar-refractivity contribution is 5.73. The maximum Gasteiger partial charge on any atom is 0.220 e. The lowest BCUT2D eigenvalue weighted by Crippen LogP contribution is -2.38. The van der Waals surface area contributed by atoms with Gasteiger partial charge >= 0.3 is 0 Å². The van der Waals surface area contributed by atoms with Gasteiger partial charge in [-0.3, -0.25) is 4.79 Å². The number of benzene rings is 1. The van der Waals surface area contributed by atoms with E-state index in [1.807, 2.05) is 25.1 Å². The first kappa shape index (κ1) is 12.3. The minimum Gasteiger partial charge on any atom is -0.329 e. The topological polar surface area (TPSA) is 20.3 Å². The standard InChI is InChI=1S/C14H17NO/c1-4-10-15(13(3)16)12(2)11-14-8-6-5-7-9-14/h1,5-9,12H,10-11H2,2-3H3. The normalized spacial score (nSPS) is 11.6. The van der Waals surface area contributed by atoms with Crippen LogP contribution >= 0.6 is 0 Å². The SMILES string of the molecule is C#CCN(C(C)=O)C(C)Cc1ccccc1. The Kier molecular flexibility index (Phi) is 4.60. The Balaban J connectivity index is 2.66. The molecule has 84 valence electrons. The first-order chi connectivity index (χ1) is 7.65. The van der Waals surface area contributed by atoms with E-state index in [1.54, 1.807) is 11.8 Å². The molecule has 0 bridgehead atoms. The van der Waals surface area contributed by atoms with Crippen molar-refractivity contribution in [3.05, 3.63) is 35.9 Å². The van der Waals surface area contributed by atoms with Crippen LogP contribution in [0.4, 0.5) is 0 Å². The lowest BCUT2D eigenvalue weighted by atomic mass is 10.1. The molecule has 0 aliphatic carbocycles. The zero-order valence-electron chi connectivity index (χ0n) is 9.81. The van der Waals surface area contributed by atoms with Crippen LogP contribution < -0.4 is 0 Å². The van der Waals surface area contributed by atoms with E-state index < -0.39 is 0 Å². The van der Waals surface area contributed by atoms with Gasteiger partial charge in [-0.1, -0.05) is 36.3 Å². The summed E-state index contributed by atoms with van der Waals surface area (Å²) in [5.41, 5.74) is 1.22. The first-order valence-electron chi connectivity index (χ1n) is 5.39. The van der Waals surface area contributed by atoms with Crippen molar-refractivity contribution in [3.63, 3.8) is 0 Å². The van der Waals surface area contributed by atoms with Gasteiger partial charge in [-0.05, 0) is 18.9 Å². The molecule has 0 fully saturated rings. The molecule has 0 aromatic heterocycles. The molecule has 1 aromatic carbocycles. The molecule has 16 heavy (non-hydrogen) atoms. The Morgan fingerprint density at radius 1 is 1.44 bits per heavy atom. The molecule has 0 aliphatic heterocycles. The highest BCUT2D eigenvalue weighted by Gasteiger charge is 2.15. The van der Waals surface area contributed by atoms with Crippen molar-refractivity contribution < 1.29 is 4.79 Å². The second-order valence-corrected chi connectivity index (χ2v) is 3.89. The van der Waals surface area contributed by atoms with Crippen molar-refractivity contribution in [1.29, 1.82) is 0 Å². The Morgan fingerprint density at radius 3 is 2.56 bits per heavy atom. The van der Waals surface area contributed by atoms with E-state index in [2.05, 4.69) is 18.1 Å². The van der Waals surface area contributed by atoms with Crippen molar-refractivity contribution in [2.45, 2.75) is 26.3 Å². The molecule has 0 heterocycles. The highest BCUT2D eigenvalue weighted by Crippen LogP contribution is 2.08. The van der Waals surface area contributed by atoms with Crippen LogP contribution in [0.1, 0.15) is 19.4 Å². The monoisotopic (exact) mass is 215 g/mol. The number of hydrogen-bond donors (Lipinski definition) is 0. The first-order valence-corrected chi connectivity index (χ1v) is 5.39. The Morgan fingerprint density at radius 2 is 2.06 bits per heavy atom. The summed E-state index contributed by atoms with van der Waals surface area (Å²) in [5, 5.41) is 0. The fourth-order valence-electron chi connectivity index (χ4n) is 1.74. The second-order valence-electron chi connectivity index (χ2n) is 3.89. The molecule has 0 saturated heterocycles. The number of terminal acetylenes is 1. The molecule has 0 saturated carbocycles. The number of carbonyl (C=O) groups excluding carboxylic acids is 1. The Labute approximate surface area is 97.3 Å². The van der Waals surface area contributed by atoms with E-state index in [-0.39, 0.29) is 11.9 Å². The van der Waals surface area contributed by atoms with E-state index in [0.29, 0.717) is 6.54 Å². The summed E-state index contributed by atoms with van der Waals surface area (Å²) < 4.78 is 0. The fourth-order valence-corrected chi connectivity index (χ4v) is 1.74. The second kappa shape index (κ2) is 5.97. The molecule has 1 amide bonds. The largest absolute Gasteiger partial charge is 0.329 e. The van der Waals surface area contributed by atoms with Gasteiger partial charge in [-0.2, -0.15) is 0 Å². The fraction of sp³-hybridized carbons (Fsp3) is 0.357. The number of carbonyl (C=O) groups is 1. The Bertz CT molecular complexity index is 377. The maximum absolute atomic E-state index is 11.4. The molecular weight excluding hydrogens is 198 g/mol. The predicted octanol–water partition coefficient (Wildman–Crippen LogP) is 2.10. The van der Waals surface area contributed by atoms with Crippen molar-refractivity contribution in [1.82, 2.24) is 4.90 Å². The number of rotatable bonds is 4. The maximum atomic E-state index is 11.4. The predicted molar refractivity (Wildman–Crippen MR) is 65.8 cm³/mol. The van der Waals surface area contributed by atoms with Gasteiger partial charge in [0, 0.05) is 13.0 Å². The van der Waals surface area contributed by atoms with Crippen LogP contribution in [0.3, 0.4) is 0 Å². The summed E-state index contributed by atoms with van der Waals surface area (Å²) in [5.74, 6) is 2.55. The average Bonchev–Trinajstić information content (AvgIpc) is 2.26. The van der Waals surface area contributed by atoms with E-state index in [9.17, 15) is 4.79 Å². The van der Waals surface area contributed by atoms with Gasteiger partial charge < -0.3 is 4.90 Å². The minimum atomic E-state index is 0.0291. The van der Waals surface area contributed by atoms with E-state index >= 15 is 0 Å². The minimum absolute atomic E-state index is 0.0291. The molecule has 2 nitrogen and oxygen atoms in total. The number of hydrogen-bond acceptors (Lipinski definition) is 1. The third-order valence-corrected chi connectivity index (χ3v) is 2.57. The van der Waals surface area contributed by atoms with Crippen LogP contribution in [-0.2, 0) is 11.2 Å². The molecule has 1 atom stereocenters. The van der Waals surface area contributed by atoms with Crippen LogP contribution in [0.25, 0.3) is 0 Å². The quantitative estimate of drug-likeness (QED) is 0.704. The zero-order valence-corrected chi connectivity index (χ0v) is 9.81. The molecule has 1 aromatic rings. The summed E-state index contributed by atoms with van der Waals surface area (Å²) in [6, 6.07) is 10.2. The van der Waals surface area contributed by atoms with Crippen LogP contribution in [0, 0.1) is 12.3 Å². The van der Waals surface area contributed by atoms with Gasteiger partial charge in [-0.15, -0.1) is 6.42 Å². The van der Waals surface area contributed by atoms with Gasteiger partial charge in [0.25, 0.3) is 0 Å². The van der Waals surface area contributed by atoms with Crippen LogP contribution in [0.15, 0.2) is 30.3 Å². The summed E-state index contributed by atoms with van der Waals surface area (Å²) in [4.78, 5) is 13.1. The van der Waals surface area contributed by atoms with Gasteiger partial charge in [0.2, 0.25) is 5.91 Å². The lowest BCUT2D eigenvalue weighted by molar-refractivity contribution is -0.130. The van der Waals surface area contributed by atoms with Crippen LogP contribution in [0.5, 0.6) is 0 Å². The van der Waals surface area contributed by atoms with Gasteiger partial charge in [0.05, 0.1) is 6.54 Å². The summed E-state index contributed by atoms with van der Waals surface area (Å²) in [6.45, 7) is 3.95. The van der Waals surface area contributed by atoms with Crippen LogP contribution in [-0.4, -0.2) is 23.4 Å². The van der Waals surface area contributed by atoms with Gasteiger partial charge in [0.15, 0.2) is 0 Å². The summed E-state index contributed by atoms with van der Waals surface area (Å²) >= 11 is 0. The highest BCUT2D eigenvalue weighted by atomic mass is 16.2. The van der Waals surface area contributed by atoms with Crippen molar-refractivity contribution >= 4 is 5.91 Å². The van der Waals surface area contributed by atoms with Crippen molar-refractivity contribution in [2.75, 3.05) is 6.54 Å². The zero-order chi connectivity index (χ0) is 12.0. The van der Waals surface area contributed by atoms with Crippen molar-refractivity contribution in [3.8, 4) is 12.3 Å². The van der Waals surface area contributed by atoms with Gasteiger partial charge in [0.1, 0.15) is 0 Å². The summed E-state index contributed by atoms with van der Waals surface area (Å²) in [6.07, 6.45) is 6.09. The molecule has 2 heteroatoms. The molecular formula is C14H17NO. The number of nitrogens with zero attached hydrogens (tertiary/aromatic N) is 1. The molecule has 0 spiro atoms. The van der Waals surface area contributed by atoms with E-state index in [0.717, 1.165) is 6.42 Å². The molecule has 0 radical (unpaired) electrons. The average molecular weight is 215 g/mol. The third kappa shape index (κ3) is 3.43. The molecule has 1 rings (SSSR count). The smallest absolute Gasteiger partial charge is 0.220 e. The van der Waals surface area contributed by atoms with Gasteiger partial charge in [-0.25, -0.2) is 0 Å².